The number of benzene rings is 2. The topological polar surface area (TPSA) is 97.7 Å². The third-order valence-corrected chi connectivity index (χ3v) is 6.27. The Hall–Kier alpha value is -3.59. The number of carbonyl (C=O) groups is 2. The molecule has 0 aliphatic carbocycles. The van der Waals surface area contributed by atoms with Gasteiger partial charge in [-0.25, -0.2) is 9.79 Å². The number of aryl methyl sites for hydroxylation is 2. The van der Waals surface area contributed by atoms with Gasteiger partial charge in [0.05, 0.1) is 6.54 Å². The molecule has 2 aliphatic heterocycles. The van der Waals surface area contributed by atoms with Crippen LogP contribution in [0.4, 0.5) is 4.79 Å². The Morgan fingerprint density at radius 1 is 1.15 bits per heavy atom. The molecule has 180 valence electrons. The highest BCUT2D eigenvalue weighted by Crippen LogP contribution is 2.26. The van der Waals surface area contributed by atoms with E-state index < -0.39 is 30.2 Å². The van der Waals surface area contributed by atoms with Crippen molar-refractivity contribution in [1.82, 2.24) is 20.0 Å². The summed E-state index contributed by atoms with van der Waals surface area (Å²) in [4.78, 5) is 34.8. The van der Waals surface area contributed by atoms with E-state index in [0.29, 0.717) is 18.3 Å². The summed E-state index contributed by atoms with van der Waals surface area (Å²) in [5.74, 6) is 0.792. The number of imide groups is 1. The van der Waals surface area contributed by atoms with Crippen LogP contribution in [0.2, 0.25) is 0 Å². The van der Waals surface area contributed by atoms with Crippen LogP contribution in [0.3, 0.4) is 0 Å². The minimum atomic E-state index is -0.883. The zero-order chi connectivity index (χ0) is 24.4. The molecule has 3 unspecified atom stereocenters. The number of ether oxygens (including phenoxy) is 1. The highest BCUT2D eigenvalue weighted by atomic mass is 16.5. The standard InChI is InChI=1S/C25H31N5O4/c1-16-10-11-20(12-17(16)2)34-15-19(31)14-30-21-22(29(4)25(33)27-23(21)32)26-24(30)28(3)13-18-8-6-5-7-9-18/h5-12,19,21-22,31H,13-15H2,1-4H3,(H,27,32,33). The quantitative estimate of drug-likeness (QED) is 0.646. The summed E-state index contributed by atoms with van der Waals surface area (Å²) in [7, 11) is 3.49. The summed E-state index contributed by atoms with van der Waals surface area (Å²) in [6.07, 6.45) is -1.55. The van der Waals surface area contributed by atoms with Gasteiger partial charge in [-0.05, 0) is 42.7 Å². The van der Waals surface area contributed by atoms with Crippen molar-refractivity contribution in [3.63, 3.8) is 0 Å². The molecule has 0 aromatic heterocycles. The van der Waals surface area contributed by atoms with Crippen LogP contribution in [-0.2, 0) is 11.3 Å². The molecule has 2 aliphatic rings. The normalized spacial score (nSPS) is 20.6. The zero-order valence-electron chi connectivity index (χ0n) is 19.9. The number of amides is 3. The fraction of sp³-hybridized carbons (Fsp3) is 0.400. The summed E-state index contributed by atoms with van der Waals surface area (Å²) >= 11 is 0. The number of likely N-dealkylation sites (N-methyl/N-ethyl adjacent to an activating group) is 1. The summed E-state index contributed by atoms with van der Waals surface area (Å²) in [5.41, 5.74) is 3.35. The zero-order valence-corrected chi connectivity index (χ0v) is 19.9. The van der Waals surface area contributed by atoms with Crippen molar-refractivity contribution in [2.75, 3.05) is 27.2 Å². The first kappa shape index (κ1) is 23.6. The number of hydrogen-bond acceptors (Lipinski definition) is 7. The van der Waals surface area contributed by atoms with Crippen LogP contribution in [0, 0.1) is 13.8 Å². The first-order valence-corrected chi connectivity index (χ1v) is 11.3. The van der Waals surface area contributed by atoms with E-state index in [1.165, 1.54) is 10.5 Å². The van der Waals surface area contributed by atoms with Crippen LogP contribution in [-0.4, -0.2) is 83.3 Å². The molecule has 2 aromatic rings. The van der Waals surface area contributed by atoms with Crippen molar-refractivity contribution in [3.8, 4) is 5.75 Å². The Bertz CT molecular complexity index is 1090. The summed E-state index contributed by atoms with van der Waals surface area (Å²) in [5, 5.41) is 13.2. The number of aliphatic hydroxyl groups is 1. The van der Waals surface area contributed by atoms with Crippen molar-refractivity contribution in [2.24, 2.45) is 4.99 Å². The molecule has 0 spiro atoms. The Kier molecular flexibility index (Phi) is 6.74. The van der Waals surface area contributed by atoms with Crippen molar-refractivity contribution in [2.45, 2.75) is 38.7 Å². The van der Waals surface area contributed by atoms with Gasteiger partial charge in [-0.2, -0.15) is 0 Å². The van der Waals surface area contributed by atoms with E-state index in [9.17, 15) is 14.7 Å². The average Bonchev–Trinajstić information content (AvgIpc) is 3.19. The van der Waals surface area contributed by atoms with Gasteiger partial charge >= 0.3 is 6.03 Å². The second-order valence-electron chi connectivity index (χ2n) is 8.90. The number of guanidine groups is 1. The molecule has 34 heavy (non-hydrogen) atoms. The number of nitrogens with zero attached hydrogens (tertiary/aromatic N) is 4. The monoisotopic (exact) mass is 465 g/mol. The number of nitrogens with one attached hydrogen (secondary N) is 1. The maximum Gasteiger partial charge on any atom is 0.325 e. The molecule has 3 amide bonds. The van der Waals surface area contributed by atoms with Crippen LogP contribution >= 0.6 is 0 Å². The van der Waals surface area contributed by atoms with Gasteiger partial charge in [-0.3, -0.25) is 10.1 Å². The number of hydrogen-bond donors (Lipinski definition) is 2. The molecule has 4 rings (SSSR count). The van der Waals surface area contributed by atoms with Gasteiger partial charge in [0.15, 0.2) is 18.2 Å². The second-order valence-corrected chi connectivity index (χ2v) is 8.90. The SMILES string of the molecule is Cc1ccc(OCC(O)CN2C(N(C)Cc3ccccc3)=NC3C2C(=O)NC(=O)N3C)cc1C. The lowest BCUT2D eigenvalue weighted by atomic mass is 10.1. The van der Waals surface area contributed by atoms with Crippen LogP contribution in [0.5, 0.6) is 5.75 Å². The first-order valence-electron chi connectivity index (χ1n) is 11.3. The van der Waals surface area contributed by atoms with E-state index in [1.807, 2.05) is 74.3 Å². The molecule has 2 N–H and O–H groups in total. The molecule has 0 saturated carbocycles. The molecule has 9 heteroatoms. The molecule has 0 bridgehead atoms. The van der Waals surface area contributed by atoms with Crippen LogP contribution in [0.25, 0.3) is 0 Å². The van der Waals surface area contributed by atoms with Crippen LogP contribution in [0.15, 0.2) is 53.5 Å². The molecule has 1 saturated heterocycles. The van der Waals surface area contributed by atoms with Gasteiger partial charge in [-0.1, -0.05) is 36.4 Å². The smallest absolute Gasteiger partial charge is 0.325 e. The minimum absolute atomic E-state index is 0.0580. The van der Waals surface area contributed by atoms with Crippen molar-refractivity contribution in [1.29, 1.82) is 0 Å². The number of urea groups is 1. The molecule has 1 fully saturated rings. The van der Waals surface area contributed by atoms with E-state index in [2.05, 4.69) is 5.32 Å². The fourth-order valence-corrected chi connectivity index (χ4v) is 4.23. The predicted molar refractivity (Wildman–Crippen MR) is 128 cm³/mol. The average molecular weight is 466 g/mol. The molecular weight excluding hydrogens is 434 g/mol. The van der Waals surface area contributed by atoms with Crippen molar-refractivity contribution in [3.05, 3.63) is 65.2 Å². The van der Waals surface area contributed by atoms with E-state index in [1.54, 1.807) is 11.9 Å². The van der Waals surface area contributed by atoms with Gasteiger partial charge < -0.3 is 24.5 Å². The van der Waals surface area contributed by atoms with Crippen LogP contribution < -0.4 is 10.1 Å². The highest BCUT2D eigenvalue weighted by molar-refractivity contribution is 6.03. The number of fused-ring (bicyclic) bond motifs is 1. The maximum atomic E-state index is 12.8. The summed E-state index contributed by atoms with van der Waals surface area (Å²) < 4.78 is 5.81. The third kappa shape index (κ3) is 4.84. The Morgan fingerprint density at radius 3 is 2.59 bits per heavy atom. The molecule has 0 radical (unpaired) electrons. The van der Waals surface area contributed by atoms with E-state index in [-0.39, 0.29) is 13.2 Å². The largest absolute Gasteiger partial charge is 0.491 e. The van der Waals surface area contributed by atoms with Gasteiger partial charge in [-0.15, -0.1) is 0 Å². The summed E-state index contributed by atoms with van der Waals surface area (Å²) in [6, 6.07) is 14.5. The predicted octanol–water partition coefficient (Wildman–Crippen LogP) is 1.72. The number of β-amino-alcohol motifs (C(OH)–C–C–N with tert-alkyl or cyclic N) is 1. The highest BCUT2D eigenvalue weighted by Gasteiger charge is 2.49. The number of aliphatic imine (C=N–C) groups is 1. The third-order valence-electron chi connectivity index (χ3n) is 6.27. The molecule has 2 heterocycles. The van der Waals surface area contributed by atoms with Crippen molar-refractivity contribution >= 4 is 17.9 Å². The van der Waals surface area contributed by atoms with Gasteiger partial charge in [0.2, 0.25) is 0 Å². The number of aliphatic hydroxyl groups excluding tert-OH is 1. The Labute approximate surface area is 199 Å². The van der Waals surface area contributed by atoms with Crippen LogP contribution in [0.1, 0.15) is 16.7 Å². The van der Waals surface area contributed by atoms with E-state index >= 15 is 0 Å². The second kappa shape index (κ2) is 9.72. The lowest BCUT2D eigenvalue weighted by Crippen LogP contribution is -2.65. The molecule has 3 atom stereocenters. The number of rotatable bonds is 7. The van der Waals surface area contributed by atoms with Gasteiger partial charge in [0.25, 0.3) is 5.91 Å². The fourth-order valence-electron chi connectivity index (χ4n) is 4.23. The lowest BCUT2D eigenvalue weighted by Gasteiger charge is -2.37. The number of carbonyl (C=O) groups excluding carboxylic acids is 2. The van der Waals surface area contributed by atoms with Gasteiger partial charge in [0.1, 0.15) is 18.5 Å². The molecular formula is C25H31N5O4. The van der Waals surface area contributed by atoms with E-state index in [0.717, 1.165) is 11.1 Å². The Morgan fingerprint density at radius 2 is 1.88 bits per heavy atom. The Balaban J connectivity index is 1.51. The summed E-state index contributed by atoms with van der Waals surface area (Å²) in [6.45, 7) is 4.78. The lowest BCUT2D eigenvalue weighted by molar-refractivity contribution is -0.127. The maximum absolute atomic E-state index is 12.8. The molecule has 2 aromatic carbocycles. The van der Waals surface area contributed by atoms with Crippen molar-refractivity contribution < 1.29 is 19.4 Å². The van der Waals surface area contributed by atoms with Gasteiger partial charge in [0, 0.05) is 20.6 Å². The molecule has 9 nitrogen and oxygen atoms in total. The minimum Gasteiger partial charge on any atom is -0.491 e. The first-order chi connectivity index (χ1) is 16.2. The van der Waals surface area contributed by atoms with E-state index in [4.69, 9.17) is 9.73 Å².